The molecular formula is C19H20N2O4S2. The number of rotatable bonds is 8. The zero-order chi connectivity index (χ0) is 19.3. The summed E-state index contributed by atoms with van der Waals surface area (Å²) in [5, 5.41) is 6.43. The third-order valence-corrected chi connectivity index (χ3v) is 6.83. The summed E-state index contributed by atoms with van der Waals surface area (Å²) in [5.41, 5.74) is 0. The lowest BCUT2D eigenvalue weighted by atomic mass is 10.1. The molecule has 8 heteroatoms. The van der Waals surface area contributed by atoms with Crippen LogP contribution >= 0.6 is 11.3 Å². The van der Waals surface area contributed by atoms with Crippen LogP contribution in [0, 0.1) is 0 Å². The smallest absolute Gasteiger partial charge is 0.250 e. The van der Waals surface area contributed by atoms with Crippen molar-refractivity contribution >= 4 is 38.0 Å². The molecule has 3 rings (SSSR count). The largest absolute Gasteiger partial charge is 0.491 e. The maximum Gasteiger partial charge on any atom is 0.250 e. The predicted octanol–water partition coefficient (Wildman–Crippen LogP) is 2.76. The quantitative estimate of drug-likeness (QED) is 0.566. The summed E-state index contributed by atoms with van der Waals surface area (Å²) in [6.45, 7) is 2.06. The summed E-state index contributed by atoms with van der Waals surface area (Å²) in [7, 11) is -3.68. The first kappa shape index (κ1) is 19.3. The Morgan fingerprint density at radius 3 is 2.67 bits per heavy atom. The predicted molar refractivity (Wildman–Crippen MR) is 107 cm³/mol. The van der Waals surface area contributed by atoms with E-state index in [-0.39, 0.29) is 17.4 Å². The number of carbonyl (C=O) groups is 1. The molecule has 6 nitrogen and oxygen atoms in total. The average Bonchev–Trinajstić information content (AvgIpc) is 3.20. The number of hydrogen-bond acceptors (Lipinski definition) is 5. The van der Waals surface area contributed by atoms with Crippen LogP contribution in [0.1, 0.15) is 6.92 Å². The van der Waals surface area contributed by atoms with Gasteiger partial charge < -0.3 is 10.1 Å². The van der Waals surface area contributed by atoms with E-state index in [1.165, 1.54) is 13.0 Å². The molecule has 0 aliphatic carbocycles. The van der Waals surface area contributed by atoms with E-state index in [1.54, 1.807) is 11.4 Å². The number of nitrogens with one attached hydrogen (secondary N) is 2. The molecule has 0 saturated heterocycles. The van der Waals surface area contributed by atoms with Crippen molar-refractivity contribution in [3.63, 3.8) is 0 Å². The van der Waals surface area contributed by atoms with E-state index in [9.17, 15) is 13.2 Å². The summed E-state index contributed by atoms with van der Waals surface area (Å²) in [5.74, 6) is 0.338. The van der Waals surface area contributed by atoms with Crippen LogP contribution in [0.5, 0.6) is 5.75 Å². The van der Waals surface area contributed by atoms with Gasteiger partial charge >= 0.3 is 0 Å². The van der Waals surface area contributed by atoms with Gasteiger partial charge in [-0.2, -0.15) is 4.72 Å². The van der Waals surface area contributed by atoms with Gasteiger partial charge in [0.25, 0.3) is 10.0 Å². The molecule has 1 aromatic heterocycles. The van der Waals surface area contributed by atoms with Crippen LogP contribution in [0.3, 0.4) is 0 Å². The van der Waals surface area contributed by atoms with Crippen molar-refractivity contribution in [3.05, 3.63) is 60.0 Å². The van der Waals surface area contributed by atoms with Gasteiger partial charge in [0.15, 0.2) is 0 Å². The molecular weight excluding hydrogens is 384 g/mol. The molecule has 2 N–H and O–H groups in total. The molecule has 1 atom stereocenters. The van der Waals surface area contributed by atoms with Crippen LogP contribution in [0.15, 0.2) is 64.2 Å². The van der Waals surface area contributed by atoms with Crippen LogP contribution in [-0.2, 0) is 14.8 Å². The zero-order valence-corrected chi connectivity index (χ0v) is 16.3. The SMILES string of the molecule is CC(NS(=O)(=O)c1cccs1)C(=O)NCCOc1cccc2ccccc12. The summed E-state index contributed by atoms with van der Waals surface area (Å²) < 4.78 is 32.6. The highest BCUT2D eigenvalue weighted by Gasteiger charge is 2.22. The molecule has 0 saturated carbocycles. The number of thiophene rings is 1. The monoisotopic (exact) mass is 404 g/mol. The molecule has 0 aliphatic rings. The van der Waals surface area contributed by atoms with E-state index in [1.807, 2.05) is 42.5 Å². The minimum atomic E-state index is -3.68. The second kappa shape index (κ2) is 8.51. The van der Waals surface area contributed by atoms with Gasteiger partial charge in [0.2, 0.25) is 5.91 Å². The molecule has 0 fully saturated rings. The number of sulfonamides is 1. The van der Waals surface area contributed by atoms with Crippen molar-refractivity contribution < 1.29 is 17.9 Å². The van der Waals surface area contributed by atoms with Gasteiger partial charge in [-0.25, -0.2) is 8.42 Å². The summed E-state index contributed by atoms with van der Waals surface area (Å²) >= 11 is 1.10. The van der Waals surface area contributed by atoms with Gasteiger partial charge in [-0.15, -0.1) is 11.3 Å². The second-order valence-corrected chi connectivity index (χ2v) is 8.78. The second-order valence-electron chi connectivity index (χ2n) is 5.89. The first-order valence-corrected chi connectivity index (χ1v) is 10.8. The fraction of sp³-hybridized carbons (Fsp3) is 0.211. The Hall–Kier alpha value is -2.42. The Labute approximate surface area is 162 Å². The molecule has 27 heavy (non-hydrogen) atoms. The maximum absolute atomic E-state index is 12.1. The lowest BCUT2D eigenvalue weighted by Crippen LogP contribution is -2.45. The summed E-state index contributed by atoms with van der Waals surface area (Å²) in [4.78, 5) is 12.1. The minimum absolute atomic E-state index is 0.182. The molecule has 1 unspecified atom stereocenters. The number of carbonyl (C=O) groups excluding carboxylic acids is 1. The zero-order valence-electron chi connectivity index (χ0n) is 14.7. The standard InChI is InChI=1S/C19H20N2O4S2/c1-14(21-27(23,24)18-10-5-13-26-18)19(22)20-11-12-25-17-9-4-7-15-6-2-3-8-16(15)17/h2-10,13-14,21H,11-12H2,1H3,(H,20,22). The Morgan fingerprint density at radius 2 is 1.89 bits per heavy atom. The highest BCUT2D eigenvalue weighted by molar-refractivity contribution is 7.91. The first-order valence-electron chi connectivity index (χ1n) is 8.41. The third-order valence-electron chi connectivity index (χ3n) is 3.89. The molecule has 0 spiro atoms. The van der Waals surface area contributed by atoms with E-state index < -0.39 is 22.0 Å². The van der Waals surface area contributed by atoms with Crippen molar-refractivity contribution in [2.45, 2.75) is 17.2 Å². The Balaban J connectivity index is 1.49. The van der Waals surface area contributed by atoms with Crippen molar-refractivity contribution in [1.82, 2.24) is 10.0 Å². The van der Waals surface area contributed by atoms with Crippen LogP contribution in [0.2, 0.25) is 0 Å². The van der Waals surface area contributed by atoms with Crippen LogP contribution in [0.25, 0.3) is 10.8 Å². The molecule has 3 aromatic rings. The fourth-order valence-electron chi connectivity index (χ4n) is 2.57. The van der Waals surface area contributed by atoms with Crippen molar-refractivity contribution in [2.24, 2.45) is 0 Å². The number of amides is 1. The Kier molecular flexibility index (Phi) is 6.10. The number of benzene rings is 2. The van der Waals surface area contributed by atoms with Gasteiger partial charge in [-0.1, -0.05) is 42.5 Å². The first-order chi connectivity index (χ1) is 13.0. The summed E-state index contributed by atoms with van der Waals surface area (Å²) in [6.07, 6.45) is 0. The van der Waals surface area contributed by atoms with Crippen LogP contribution in [-0.4, -0.2) is 33.5 Å². The van der Waals surface area contributed by atoms with Gasteiger partial charge in [-0.05, 0) is 29.8 Å². The third kappa shape index (κ3) is 4.85. The topological polar surface area (TPSA) is 84.5 Å². The highest BCUT2D eigenvalue weighted by Crippen LogP contribution is 2.24. The normalized spacial score (nSPS) is 12.6. The van der Waals surface area contributed by atoms with Crippen molar-refractivity contribution in [2.75, 3.05) is 13.2 Å². The van der Waals surface area contributed by atoms with Crippen LogP contribution < -0.4 is 14.8 Å². The minimum Gasteiger partial charge on any atom is -0.491 e. The Morgan fingerprint density at radius 1 is 1.11 bits per heavy atom. The molecule has 2 aromatic carbocycles. The van der Waals surface area contributed by atoms with Gasteiger partial charge in [0, 0.05) is 5.39 Å². The Bertz CT molecular complexity index is 1010. The molecule has 0 radical (unpaired) electrons. The van der Waals surface area contributed by atoms with Gasteiger partial charge in [0.05, 0.1) is 12.6 Å². The van der Waals surface area contributed by atoms with Crippen molar-refractivity contribution in [3.8, 4) is 5.75 Å². The molecule has 142 valence electrons. The van der Waals surface area contributed by atoms with Crippen LogP contribution in [0.4, 0.5) is 0 Å². The maximum atomic E-state index is 12.1. The number of ether oxygens (including phenoxy) is 1. The van der Waals surface area contributed by atoms with E-state index in [0.717, 1.165) is 27.9 Å². The lowest BCUT2D eigenvalue weighted by Gasteiger charge is -2.14. The molecule has 0 aliphatic heterocycles. The van der Waals surface area contributed by atoms with Crippen molar-refractivity contribution in [1.29, 1.82) is 0 Å². The van der Waals surface area contributed by atoms with E-state index in [4.69, 9.17) is 4.74 Å². The van der Waals surface area contributed by atoms with E-state index in [0.29, 0.717) is 0 Å². The van der Waals surface area contributed by atoms with E-state index >= 15 is 0 Å². The molecule has 1 amide bonds. The number of hydrogen-bond donors (Lipinski definition) is 2. The highest BCUT2D eigenvalue weighted by atomic mass is 32.2. The molecule has 1 heterocycles. The lowest BCUT2D eigenvalue weighted by molar-refractivity contribution is -0.122. The van der Waals surface area contributed by atoms with E-state index in [2.05, 4.69) is 10.0 Å². The van der Waals surface area contributed by atoms with Gasteiger partial charge in [-0.3, -0.25) is 4.79 Å². The molecule has 0 bridgehead atoms. The average molecular weight is 405 g/mol. The summed E-state index contributed by atoms with van der Waals surface area (Å²) in [6, 6.07) is 15.9. The fourth-order valence-corrected chi connectivity index (χ4v) is 4.78. The van der Waals surface area contributed by atoms with Gasteiger partial charge in [0.1, 0.15) is 16.6 Å². The number of fused-ring (bicyclic) bond motifs is 1.